The van der Waals surface area contributed by atoms with Crippen LogP contribution < -0.4 is 5.32 Å². The number of rotatable bonds is 4. The van der Waals surface area contributed by atoms with Crippen LogP contribution in [0.5, 0.6) is 0 Å². The van der Waals surface area contributed by atoms with E-state index in [1.165, 1.54) is 0 Å². The van der Waals surface area contributed by atoms with Gasteiger partial charge >= 0.3 is 6.03 Å². The molecule has 0 aliphatic carbocycles. The van der Waals surface area contributed by atoms with Gasteiger partial charge in [-0.15, -0.1) is 0 Å². The predicted molar refractivity (Wildman–Crippen MR) is 106 cm³/mol. The smallest absolute Gasteiger partial charge is 0.317 e. The maximum Gasteiger partial charge on any atom is 0.317 e. The highest BCUT2D eigenvalue weighted by Gasteiger charge is 2.32. The van der Waals surface area contributed by atoms with Gasteiger partial charge in [-0.1, -0.05) is 18.2 Å². The van der Waals surface area contributed by atoms with Crippen molar-refractivity contribution < 1.29 is 9.59 Å². The molecule has 1 N–H and O–H groups in total. The standard InChI is InChI=1S/C21H27N5O2/c1-16(18-6-2-3-7-19(18)26-13-5-11-22-26)23-21(28)24-14-9-17(10-15-24)25-12-4-8-20(25)27/h2-3,5-7,11,13,16-17H,4,8-10,12,14-15H2,1H3,(H,23,28)/t16-/m1/s1. The predicted octanol–water partition coefficient (Wildman–Crippen LogP) is 2.73. The van der Waals surface area contributed by atoms with Crippen LogP contribution in [0.25, 0.3) is 5.69 Å². The lowest BCUT2D eigenvalue weighted by atomic mass is 10.0. The summed E-state index contributed by atoms with van der Waals surface area (Å²) in [5.41, 5.74) is 1.99. The summed E-state index contributed by atoms with van der Waals surface area (Å²) in [6.07, 6.45) is 7.00. The van der Waals surface area contributed by atoms with Crippen LogP contribution in [0.4, 0.5) is 4.79 Å². The molecule has 2 aliphatic rings. The summed E-state index contributed by atoms with van der Waals surface area (Å²) in [6, 6.07) is 9.96. The lowest BCUT2D eigenvalue weighted by Crippen LogP contribution is -2.50. The molecule has 3 amide bonds. The number of carbonyl (C=O) groups is 2. The van der Waals surface area contributed by atoms with Crippen molar-refractivity contribution in [2.45, 2.75) is 44.7 Å². The molecule has 0 unspecified atom stereocenters. The highest BCUT2D eigenvalue weighted by Crippen LogP contribution is 2.24. The van der Waals surface area contributed by atoms with Crippen molar-refractivity contribution in [2.75, 3.05) is 19.6 Å². The van der Waals surface area contributed by atoms with Gasteiger partial charge in [-0.25, -0.2) is 9.48 Å². The van der Waals surface area contributed by atoms with Crippen LogP contribution in [-0.2, 0) is 4.79 Å². The number of benzene rings is 1. The zero-order valence-electron chi connectivity index (χ0n) is 16.3. The number of carbonyl (C=O) groups excluding carboxylic acids is 2. The van der Waals surface area contributed by atoms with Gasteiger partial charge in [0, 0.05) is 44.5 Å². The zero-order chi connectivity index (χ0) is 19.5. The lowest BCUT2D eigenvalue weighted by molar-refractivity contribution is -0.130. The van der Waals surface area contributed by atoms with Crippen LogP contribution in [0.3, 0.4) is 0 Å². The maximum atomic E-state index is 12.8. The average Bonchev–Trinajstić information content (AvgIpc) is 3.40. The van der Waals surface area contributed by atoms with Crippen LogP contribution in [-0.4, -0.2) is 57.2 Å². The molecule has 1 aromatic carbocycles. The van der Waals surface area contributed by atoms with Crippen LogP contribution in [0.15, 0.2) is 42.7 Å². The summed E-state index contributed by atoms with van der Waals surface area (Å²) in [7, 11) is 0. The number of nitrogens with zero attached hydrogens (tertiary/aromatic N) is 4. The molecule has 2 saturated heterocycles. The van der Waals surface area contributed by atoms with Crippen LogP contribution in [0.2, 0.25) is 0 Å². The molecule has 7 heteroatoms. The summed E-state index contributed by atoms with van der Waals surface area (Å²) >= 11 is 0. The second-order valence-corrected chi connectivity index (χ2v) is 7.59. The largest absolute Gasteiger partial charge is 0.340 e. The van der Waals surface area contributed by atoms with Crippen molar-refractivity contribution in [1.82, 2.24) is 24.9 Å². The van der Waals surface area contributed by atoms with Gasteiger partial charge < -0.3 is 15.1 Å². The van der Waals surface area contributed by atoms with E-state index >= 15 is 0 Å². The topological polar surface area (TPSA) is 70.5 Å². The van der Waals surface area contributed by atoms with E-state index in [2.05, 4.69) is 10.4 Å². The summed E-state index contributed by atoms with van der Waals surface area (Å²) < 4.78 is 1.82. The van der Waals surface area contributed by atoms with Gasteiger partial charge in [0.2, 0.25) is 5.91 Å². The first kappa shape index (κ1) is 18.5. The molecule has 3 heterocycles. The molecule has 1 aromatic heterocycles. The van der Waals surface area contributed by atoms with Gasteiger partial charge in [0.15, 0.2) is 0 Å². The monoisotopic (exact) mass is 381 g/mol. The Morgan fingerprint density at radius 3 is 2.64 bits per heavy atom. The Hall–Kier alpha value is -2.83. The van der Waals surface area contributed by atoms with E-state index in [9.17, 15) is 9.59 Å². The number of amides is 3. The Kier molecular flexibility index (Phi) is 5.32. The van der Waals surface area contributed by atoms with Crippen LogP contribution in [0, 0.1) is 0 Å². The average molecular weight is 381 g/mol. The van der Waals surface area contributed by atoms with Gasteiger partial charge in [0.25, 0.3) is 0 Å². The quantitative estimate of drug-likeness (QED) is 0.885. The van der Waals surface area contributed by atoms with E-state index in [0.29, 0.717) is 19.5 Å². The van der Waals surface area contributed by atoms with Crippen LogP contribution >= 0.6 is 0 Å². The molecule has 7 nitrogen and oxygen atoms in total. The Balaban J connectivity index is 1.36. The van der Waals surface area contributed by atoms with E-state index in [-0.39, 0.29) is 24.0 Å². The highest BCUT2D eigenvalue weighted by molar-refractivity contribution is 5.78. The fourth-order valence-electron chi connectivity index (χ4n) is 4.26. The molecule has 1 atom stereocenters. The number of nitrogens with one attached hydrogen (secondary N) is 1. The Morgan fingerprint density at radius 1 is 1.18 bits per heavy atom. The summed E-state index contributed by atoms with van der Waals surface area (Å²) in [6.45, 7) is 4.24. The fourth-order valence-corrected chi connectivity index (χ4v) is 4.26. The molecule has 2 fully saturated rings. The number of piperidine rings is 1. The summed E-state index contributed by atoms with van der Waals surface area (Å²) in [5.74, 6) is 0.270. The molecule has 2 aromatic rings. The SMILES string of the molecule is C[C@@H](NC(=O)N1CCC(N2CCCC2=O)CC1)c1ccccc1-n1cccn1. The number of likely N-dealkylation sites (tertiary alicyclic amines) is 2. The van der Waals surface area contributed by atoms with Crippen molar-refractivity contribution in [1.29, 1.82) is 0 Å². The normalized spacial score (nSPS) is 19.1. The third-order valence-electron chi connectivity index (χ3n) is 5.80. The summed E-state index contributed by atoms with van der Waals surface area (Å²) in [5, 5.41) is 7.44. The van der Waals surface area contributed by atoms with Gasteiger partial charge in [-0.2, -0.15) is 5.10 Å². The first-order valence-electron chi connectivity index (χ1n) is 10.1. The molecule has 148 valence electrons. The van der Waals surface area contributed by atoms with Crippen molar-refractivity contribution in [2.24, 2.45) is 0 Å². The zero-order valence-corrected chi connectivity index (χ0v) is 16.3. The number of urea groups is 1. The van der Waals surface area contributed by atoms with Crippen LogP contribution in [0.1, 0.15) is 44.2 Å². The molecule has 0 bridgehead atoms. The third kappa shape index (κ3) is 3.74. The van der Waals surface area contributed by atoms with E-state index < -0.39 is 0 Å². The van der Waals surface area contributed by atoms with Gasteiger partial charge in [0.1, 0.15) is 0 Å². The third-order valence-corrected chi connectivity index (χ3v) is 5.80. The molecular formula is C21H27N5O2. The molecule has 4 rings (SSSR count). The van der Waals surface area contributed by atoms with E-state index in [1.54, 1.807) is 6.20 Å². The molecule has 2 aliphatic heterocycles. The fraction of sp³-hybridized carbons (Fsp3) is 0.476. The molecule has 28 heavy (non-hydrogen) atoms. The molecular weight excluding hydrogens is 354 g/mol. The minimum Gasteiger partial charge on any atom is -0.340 e. The highest BCUT2D eigenvalue weighted by atomic mass is 16.2. The van der Waals surface area contributed by atoms with Gasteiger partial charge in [0.05, 0.1) is 11.7 Å². The lowest BCUT2D eigenvalue weighted by Gasteiger charge is -2.37. The molecule has 0 radical (unpaired) electrons. The molecule has 0 spiro atoms. The van der Waals surface area contributed by atoms with Gasteiger partial charge in [-0.05, 0) is 43.9 Å². The van der Waals surface area contributed by atoms with Crippen molar-refractivity contribution in [3.63, 3.8) is 0 Å². The number of aromatic nitrogens is 2. The maximum absolute atomic E-state index is 12.8. The van der Waals surface area contributed by atoms with E-state index in [1.807, 2.05) is 57.9 Å². The second kappa shape index (κ2) is 8.04. The van der Waals surface area contributed by atoms with Crippen molar-refractivity contribution in [3.05, 3.63) is 48.3 Å². The minimum atomic E-state index is -0.134. The number of hydrogen-bond acceptors (Lipinski definition) is 3. The number of para-hydroxylation sites is 1. The molecule has 0 saturated carbocycles. The Bertz CT molecular complexity index is 827. The first-order valence-corrected chi connectivity index (χ1v) is 10.1. The van der Waals surface area contributed by atoms with E-state index in [4.69, 9.17) is 0 Å². The Labute approximate surface area is 165 Å². The first-order chi connectivity index (χ1) is 13.6. The van der Waals surface area contributed by atoms with Crippen molar-refractivity contribution in [3.8, 4) is 5.69 Å². The van der Waals surface area contributed by atoms with Crippen molar-refractivity contribution >= 4 is 11.9 Å². The minimum absolute atomic E-state index is 0.0473. The summed E-state index contributed by atoms with van der Waals surface area (Å²) in [4.78, 5) is 28.6. The second-order valence-electron chi connectivity index (χ2n) is 7.59. The van der Waals surface area contributed by atoms with Gasteiger partial charge in [-0.3, -0.25) is 4.79 Å². The van der Waals surface area contributed by atoms with E-state index in [0.717, 1.165) is 37.1 Å². The number of hydrogen-bond donors (Lipinski definition) is 1. The Morgan fingerprint density at radius 2 is 1.96 bits per heavy atom.